The summed E-state index contributed by atoms with van der Waals surface area (Å²) >= 11 is 0. The standard InChI is InChI=1S/C18H16N4O5/c1-11-4-3-7-21-16(23)8-12(20-17(11)21)10-27-18(24)14-9-13(22(25)26)5-6-15(14)19-2/h3-9,19H,10H2,1-2H3. The first-order chi connectivity index (χ1) is 12.9. The molecule has 1 aromatic carbocycles. The summed E-state index contributed by atoms with van der Waals surface area (Å²) in [7, 11) is 1.59. The van der Waals surface area contributed by atoms with Crippen molar-refractivity contribution in [3.05, 3.63) is 79.9 Å². The maximum atomic E-state index is 12.4. The van der Waals surface area contributed by atoms with E-state index in [9.17, 15) is 19.7 Å². The van der Waals surface area contributed by atoms with Crippen LogP contribution < -0.4 is 10.9 Å². The zero-order chi connectivity index (χ0) is 19.6. The topological polar surface area (TPSA) is 116 Å². The normalized spacial score (nSPS) is 10.6. The number of anilines is 1. The maximum Gasteiger partial charge on any atom is 0.340 e. The van der Waals surface area contributed by atoms with Crippen LogP contribution >= 0.6 is 0 Å². The van der Waals surface area contributed by atoms with E-state index < -0.39 is 10.9 Å². The monoisotopic (exact) mass is 368 g/mol. The van der Waals surface area contributed by atoms with Crippen LogP contribution in [0.15, 0.2) is 47.4 Å². The summed E-state index contributed by atoms with van der Waals surface area (Å²) in [6, 6.07) is 8.70. The van der Waals surface area contributed by atoms with Crippen molar-refractivity contribution < 1.29 is 14.5 Å². The summed E-state index contributed by atoms with van der Waals surface area (Å²) in [5.41, 5.74) is 1.48. The van der Waals surface area contributed by atoms with Crippen LogP contribution in [0.25, 0.3) is 5.65 Å². The van der Waals surface area contributed by atoms with Crippen molar-refractivity contribution in [2.24, 2.45) is 0 Å². The molecule has 1 N–H and O–H groups in total. The third kappa shape index (κ3) is 3.61. The smallest absolute Gasteiger partial charge is 0.340 e. The molecule has 138 valence electrons. The molecule has 0 saturated carbocycles. The minimum atomic E-state index is -0.755. The largest absolute Gasteiger partial charge is 0.456 e. The summed E-state index contributed by atoms with van der Waals surface area (Å²) in [6.07, 6.45) is 1.61. The summed E-state index contributed by atoms with van der Waals surface area (Å²) in [6.45, 7) is 1.59. The van der Waals surface area contributed by atoms with Crippen molar-refractivity contribution in [2.45, 2.75) is 13.5 Å². The molecule has 27 heavy (non-hydrogen) atoms. The fourth-order valence-electron chi connectivity index (χ4n) is 2.63. The minimum absolute atomic E-state index is 0.0281. The molecule has 0 amide bonds. The van der Waals surface area contributed by atoms with E-state index in [1.807, 2.05) is 13.0 Å². The van der Waals surface area contributed by atoms with Gasteiger partial charge in [-0.25, -0.2) is 9.78 Å². The Morgan fingerprint density at radius 3 is 2.81 bits per heavy atom. The lowest BCUT2D eigenvalue weighted by atomic mass is 10.1. The van der Waals surface area contributed by atoms with E-state index in [0.29, 0.717) is 17.0 Å². The highest BCUT2D eigenvalue weighted by molar-refractivity contribution is 5.96. The Bertz CT molecular complexity index is 1110. The average molecular weight is 368 g/mol. The van der Waals surface area contributed by atoms with E-state index in [4.69, 9.17) is 4.74 Å². The van der Waals surface area contributed by atoms with Crippen molar-refractivity contribution in [3.63, 3.8) is 0 Å². The van der Waals surface area contributed by atoms with Gasteiger partial charge in [-0.15, -0.1) is 0 Å². The second kappa shape index (κ2) is 7.24. The van der Waals surface area contributed by atoms with Gasteiger partial charge in [0.25, 0.3) is 11.2 Å². The third-order valence-electron chi connectivity index (χ3n) is 3.99. The first-order valence-corrected chi connectivity index (χ1v) is 8.02. The number of nitrogens with zero attached hydrogens (tertiary/aromatic N) is 3. The Hall–Kier alpha value is -3.75. The van der Waals surface area contributed by atoms with Crippen LogP contribution in [-0.2, 0) is 11.3 Å². The predicted octanol–water partition coefficient (Wildman–Crippen LogP) is 2.31. The number of pyridine rings is 1. The molecule has 2 heterocycles. The van der Waals surface area contributed by atoms with Crippen molar-refractivity contribution in [1.29, 1.82) is 0 Å². The quantitative estimate of drug-likeness (QED) is 0.417. The summed E-state index contributed by atoms with van der Waals surface area (Å²) in [5.74, 6) is -0.755. The first kappa shape index (κ1) is 18.1. The Balaban J connectivity index is 1.87. The number of ether oxygens (including phenoxy) is 1. The molecule has 2 aromatic heterocycles. The van der Waals surface area contributed by atoms with Gasteiger partial charge in [0.1, 0.15) is 12.3 Å². The second-order valence-electron chi connectivity index (χ2n) is 5.78. The van der Waals surface area contributed by atoms with Gasteiger partial charge in [0.05, 0.1) is 16.2 Å². The van der Waals surface area contributed by atoms with E-state index in [-0.39, 0.29) is 23.4 Å². The SMILES string of the molecule is CNc1ccc([N+](=O)[O-])cc1C(=O)OCc1cc(=O)n2cccc(C)c2n1. The maximum absolute atomic E-state index is 12.4. The number of hydrogen-bond acceptors (Lipinski definition) is 7. The third-order valence-corrected chi connectivity index (χ3v) is 3.99. The molecule has 0 saturated heterocycles. The number of nitro benzene ring substituents is 1. The van der Waals surface area contributed by atoms with Crippen LogP contribution in [0.1, 0.15) is 21.6 Å². The highest BCUT2D eigenvalue weighted by atomic mass is 16.6. The molecule has 0 atom stereocenters. The first-order valence-electron chi connectivity index (χ1n) is 8.02. The lowest BCUT2D eigenvalue weighted by Gasteiger charge is -2.10. The van der Waals surface area contributed by atoms with Crippen LogP contribution in [-0.4, -0.2) is 27.3 Å². The zero-order valence-electron chi connectivity index (χ0n) is 14.6. The van der Waals surface area contributed by atoms with E-state index in [1.54, 1.807) is 19.3 Å². The zero-order valence-corrected chi connectivity index (χ0v) is 14.6. The van der Waals surface area contributed by atoms with Gasteiger partial charge in [-0.05, 0) is 24.6 Å². The molecule has 0 fully saturated rings. The van der Waals surface area contributed by atoms with Crippen LogP contribution in [0.3, 0.4) is 0 Å². The summed E-state index contributed by atoms with van der Waals surface area (Å²) in [5, 5.41) is 13.7. The number of nitrogens with one attached hydrogen (secondary N) is 1. The molecule has 0 aliphatic heterocycles. The van der Waals surface area contributed by atoms with Gasteiger partial charge in [-0.1, -0.05) is 6.07 Å². The molecule has 9 heteroatoms. The average Bonchev–Trinajstić information content (AvgIpc) is 2.66. The number of fused-ring (bicyclic) bond motifs is 1. The highest BCUT2D eigenvalue weighted by Gasteiger charge is 2.18. The van der Waals surface area contributed by atoms with Crippen molar-refractivity contribution >= 4 is 23.0 Å². The number of carbonyl (C=O) groups excluding carboxylic acids is 1. The molecule has 3 aromatic rings. The van der Waals surface area contributed by atoms with Crippen molar-refractivity contribution in [1.82, 2.24) is 9.38 Å². The number of aryl methyl sites for hydroxylation is 1. The van der Waals surface area contributed by atoms with E-state index in [0.717, 1.165) is 11.6 Å². The highest BCUT2D eigenvalue weighted by Crippen LogP contribution is 2.23. The molecule has 9 nitrogen and oxygen atoms in total. The molecular weight excluding hydrogens is 352 g/mol. The number of aromatic nitrogens is 2. The number of hydrogen-bond donors (Lipinski definition) is 1. The van der Waals surface area contributed by atoms with Gasteiger partial charge in [0.2, 0.25) is 0 Å². The van der Waals surface area contributed by atoms with Gasteiger partial charge in [0.15, 0.2) is 0 Å². The van der Waals surface area contributed by atoms with Gasteiger partial charge in [0, 0.05) is 37.1 Å². The van der Waals surface area contributed by atoms with Crippen molar-refractivity contribution in [2.75, 3.05) is 12.4 Å². The number of benzene rings is 1. The molecule has 0 aliphatic carbocycles. The van der Waals surface area contributed by atoms with Gasteiger partial charge in [-0.3, -0.25) is 19.3 Å². The van der Waals surface area contributed by atoms with Crippen LogP contribution in [0.2, 0.25) is 0 Å². The summed E-state index contributed by atoms with van der Waals surface area (Å²) in [4.78, 5) is 39.3. The van der Waals surface area contributed by atoms with Crippen LogP contribution in [0, 0.1) is 17.0 Å². The van der Waals surface area contributed by atoms with Gasteiger partial charge >= 0.3 is 5.97 Å². The van der Waals surface area contributed by atoms with Gasteiger partial charge in [-0.2, -0.15) is 0 Å². The molecular formula is C18H16N4O5. The van der Waals surface area contributed by atoms with Crippen LogP contribution in [0.5, 0.6) is 0 Å². The molecule has 0 unspecified atom stereocenters. The van der Waals surface area contributed by atoms with E-state index in [2.05, 4.69) is 10.3 Å². The lowest BCUT2D eigenvalue weighted by molar-refractivity contribution is -0.384. The Kier molecular flexibility index (Phi) is 4.84. The number of non-ortho nitro benzene ring substituents is 1. The lowest BCUT2D eigenvalue weighted by Crippen LogP contribution is -2.17. The van der Waals surface area contributed by atoms with E-state index >= 15 is 0 Å². The number of nitro groups is 1. The number of rotatable bonds is 5. The fraction of sp³-hybridized carbons (Fsp3) is 0.167. The predicted molar refractivity (Wildman–Crippen MR) is 98.0 cm³/mol. The van der Waals surface area contributed by atoms with Crippen LogP contribution in [0.4, 0.5) is 11.4 Å². The second-order valence-corrected chi connectivity index (χ2v) is 5.78. The Morgan fingerprint density at radius 1 is 1.33 bits per heavy atom. The molecule has 0 bridgehead atoms. The fourth-order valence-corrected chi connectivity index (χ4v) is 2.63. The minimum Gasteiger partial charge on any atom is -0.456 e. The molecule has 0 aliphatic rings. The van der Waals surface area contributed by atoms with E-state index in [1.165, 1.54) is 22.6 Å². The molecule has 0 radical (unpaired) electrons. The summed E-state index contributed by atoms with van der Waals surface area (Å²) < 4.78 is 6.63. The van der Waals surface area contributed by atoms with Crippen molar-refractivity contribution in [3.8, 4) is 0 Å². The van der Waals surface area contributed by atoms with Gasteiger partial charge < -0.3 is 10.1 Å². The number of esters is 1. The molecule has 3 rings (SSSR count). The Labute approximate surface area is 153 Å². The molecule has 0 spiro atoms. The number of carbonyl (C=O) groups is 1. The Morgan fingerprint density at radius 2 is 2.11 bits per heavy atom.